The second-order valence-electron chi connectivity index (χ2n) is 26.9. The summed E-state index contributed by atoms with van der Waals surface area (Å²) < 4.78 is 40.9. The molecule has 29 nitrogen and oxygen atoms in total. The minimum Gasteiger partial charge on any atom is -0.445 e. The van der Waals surface area contributed by atoms with E-state index in [-0.39, 0.29) is 84.1 Å². The number of hydrogen-bond acceptors (Lipinski definition) is 24. The minimum absolute atomic E-state index is 0.0491. The molecular weight excluding hydrogens is 1450 g/mol. The molecule has 3 heterocycles. The molecule has 8 aromatic carbocycles. The van der Waals surface area contributed by atoms with Crippen LogP contribution in [0, 0.1) is 0 Å². The zero-order valence-electron chi connectivity index (χ0n) is 63.9. The van der Waals surface area contributed by atoms with E-state index in [0.29, 0.717) is 122 Å². The van der Waals surface area contributed by atoms with Crippen molar-refractivity contribution in [3.05, 3.63) is 207 Å². The van der Waals surface area contributed by atoms with Gasteiger partial charge in [0.1, 0.15) is 17.3 Å². The highest BCUT2D eigenvalue weighted by atomic mass is 16.7. The number of nitrogens with one attached hydrogen (secondary N) is 5. The van der Waals surface area contributed by atoms with Gasteiger partial charge in [-0.25, -0.2) is 0 Å². The van der Waals surface area contributed by atoms with Crippen LogP contribution in [-0.2, 0) is 142 Å². The number of anilines is 5. The van der Waals surface area contributed by atoms with Gasteiger partial charge in [-0.05, 0) is 193 Å². The Morgan fingerprint density at radius 2 is 0.637 bits per heavy atom. The molecule has 11 rings (SSSR count). The van der Waals surface area contributed by atoms with Gasteiger partial charge >= 0.3 is 56.9 Å². The largest absolute Gasteiger partial charge is 0.491 e. The number of benzene rings is 8. The van der Waals surface area contributed by atoms with Crippen molar-refractivity contribution in [2.24, 2.45) is 0 Å². The molecule has 113 heavy (non-hydrogen) atoms. The lowest BCUT2D eigenvalue weighted by Gasteiger charge is -2.33. The molecule has 3 aliphatic heterocycles. The number of aliphatic hydroxyl groups excluding tert-OH is 5. The van der Waals surface area contributed by atoms with E-state index in [4.69, 9.17) is 32.2 Å². The van der Waals surface area contributed by atoms with Gasteiger partial charge in [0.05, 0.1) is 46.2 Å². The summed E-state index contributed by atoms with van der Waals surface area (Å²) in [6, 6.07) is 40.3. The van der Waals surface area contributed by atoms with E-state index in [0.717, 1.165) is 33.2 Å². The highest BCUT2D eigenvalue weighted by molar-refractivity contribution is 6.87. The molecule has 5 amide bonds. The van der Waals surface area contributed by atoms with Crippen LogP contribution in [0.1, 0.15) is 124 Å². The molecule has 14 N–H and O–H groups in total. The molecule has 0 aliphatic carbocycles. The Kier molecular flexibility index (Phi) is 33.1. The predicted octanol–water partition coefficient (Wildman–Crippen LogP) is -0.555. The number of aliphatic hydroxyl groups is 5. The summed E-state index contributed by atoms with van der Waals surface area (Å²) in [6.45, 7) is 12.1. The maximum atomic E-state index is 11.8. The monoisotopic (exact) mass is 1540 g/mol. The van der Waals surface area contributed by atoms with Gasteiger partial charge in [-0.2, -0.15) is 0 Å². The Morgan fingerprint density at radius 1 is 0.363 bits per heavy atom. The number of carbonyl (C=O) groups is 8. The van der Waals surface area contributed by atoms with E-state index in [9.17, 15) is 84.0 Å². The van der Waals surface area contributed by atoms with Crippen LogP contribution in [0.15, 0.2) is 146 Å². The number of aryl methyl sites for hydroxylation is 1. The van der Waals surface area contributed by atoms with Crippen molar-refractivity contribution in [2.45, 2.75) is 134 Å². The third kappa shape index (κ3) is 25.5. The Labute approximate surface area is 656 Å². The fourth-order valence-electron chi connectivity index (χ4n) is 12.6. The molecule has 0 radical (unpaired) electrons. The number of rotatable bonds is 27. The highest BCUT2D eigenvalue weighted by Crippen LogP contribution is 2.22. The van der Waals surface area contributed by atoms with E-state index in [1.807, 2.05) is 43.3 Å². The van der Waals surface area contributed by atoms with Gasteiger partial charge in [0.2, 0.25) is 29.5 Å². The van der Waals surface area contributed by atoms with E-state index in [2.05, 4.69) is 26.6 Å². The van der Waals surface area contributed by atoms with Crippen molar-refractivity contribution in [2.75, 3.05) is 26.6 Å². The molecule has 0 saturated carbocycles. The SMILES string of the molecule is CC(=O)Cc1ccc(CO)c(B2OB(c3cc(NC(C)=O)ccc3CO)OB(c3cc(NC(C)=O)ccc3CO)O2)c1.CC(=O)Cc1ccc2c(c1)B(O)OC2.CC(=O)Cc1ccc2c(c1)B(O)OC2.CCc1ccc(NC(C)=O)cc1B(O)OB(OB(O)c1cc(NC(C)=O)ccc1CO)c1cc(NC(C)=O)ccc1CO. The molecule has 0 unspecified atom stereocenters. The zero-order valence-corrected chi connectivity index (χ0v) is 63.9. The topological polar surface area (TPSA) is 443 Å². The van der Waals surface area contributed by atoms with Crippen LogP contribution in [0.25, 0.3) is 0 Å². The smallest absolute Gasteiger partial charge is 0.445 e. The molecule has 8 aromatic rings. The Hall–Kier alpha value is -10.0. The standard InChI is InChI=1S/C28H34B3N3O9.C28H31B3N2O9.2C10H11BO3/c1-5-20-6-9-23(32-17(2)37)12-26(20)29(40)42-31(28-14-25(34-19(4)39)11-8-22(28)16-36)43-30(41)27-13-24(33-18(3)38)10-7-21(27)15-35;1-17(37)10-20-4-5-21(14-34)26(11-20)29-40-30(27-12-24(32-18(2)38)8-6-22(27)15-35)42-31(41-29)28-13-25(33-19(3)39)9-7-23(28)16-36;2*1-7(12)4-8-2-3-9-6-14-11(13)10(9)5-8/h6-14,35-36,40-41H,5,15-16H2,1-4H3,(H,32,37)(H,33,38)(H,34,39);4-9,11-13,34-36H,10,14-16H2,1-3H3,(H,32,38)(H,33,39);2*2-3,5,13H,4,6H2,1H3. The van der Waals surface area contributed by atoms with Gasteiger partial charge in [-0.1, -0.05) is 91.9 Å². The maximum absolute atomic E-state index is 11.8. The quantitative estimate of drug-likeness (QED) is 0.0287. The normalized spacial score (nSPS) is 12.5. The van der Waals surface area contributed by atoms with Gasteiger partial charge in [0.15, 0.2) is 0 Å². The Balaban J connectivity index is 0.000000211. The van der Waals surface area contributed by atoms with E-state index >= 15 is 0 Å². The lowest BCUT2D eigenvalue weighted by molar-refractivity contribution is -0.117. The maximum Gasteiger partial charge on any atom is 0.491 e. The van der Waals surface area contributed by atoms with Crippen LogP contribution in [0.2, 0.25) is 0 Å². The van der Waals surface area contributed by atoms with Crippen molar-refractivity contribution < 1.29 is 116 Å². The van der Waals surface area contributed by atoms with Crippen LogP contribution >= 0.6 is 0 Å². The number of hydrogen-bond donors (Lipinski definition) is 14. The first-order chi connectivity index (χ1) is 53.9. The lowest BCUT2D eigenvalue weighted by atomic mass is 9.59. The van der Waals surface area contributed by atoms with Gasteiger partial charge in [0.25, 0.3) is 0 Å². The fourth-order valence-corrected chi connectivity index (χ4v) is 12.6. The van der Waals surface area contributed by atoms with Crippen molar-refractivity contribution in [1.29, 1.82) is 0 Å². The number of fused-ring (bicyclic) bond motifs is 2. The number of Topliss-reactive ketones (excluding diaryl/α,β-unsaturated/α-hetero) is 3. The first kappa shape index (κ1) is 88.6. The molecule has 0 spiro atoms. The molecule has 584 valence electrons. The number of amides is 5. The van der Waals surface area contributed by atoms with Crippen LogP contribution in [0.3, 0.4) is 0 Å². The summed E-state index contributed by atoms with van der Waals surface area (Å²) in [6.07, 6.45) is 1.51. The highest BCUT2D eigenvalue weighted by Gasteiger charge is 2.46. The molecular formula is C76H87B8N5O24. The first-order valence-corrected chi connectivity index (χ1v) is 36.0. The summed E-state index contributed by atoms with van der Waals surface area (Å²) in [7, 11) is -10.00. The first-order valence-electron chi connectivity index (χ1n) is 36.0. The third-order valence-electron chi connectivity index (χ3n) is 17.7. The molecule has 1 fully saturated rings. The van der Waals surface area contributed by atoms with Gasteiger partial charge in [-0.15, -0.1) is 0 Å². The van der Waals surface area contributed by atoms with Crippen LogP contribution in [0.5, 0.6) is 0 Å². The molecule has 1 saturated heterocycles. The fraction of sp³-hybridized carbons (Fsp3) is 0.263. The lowest BCUT2D eigenvalue weighted by Crippen LogP contribution is -2.62. The van der Waals surface area contributed by atoms with Crippen LogP contribution in [-0.4, -0.2) is 149 Å². The molecule has 0 atom stereocenters. The van der Waals surface area contributed by atoms with Gasteiger partial charge in [-0.3, -0.25) is 38.4 Å². The third-order valence-corrected chi connectivity index (χ3v) is 17.7. The summed E-state index contributed by atoms with van der Waals surface area (Å²) >= 11 is 0. The van der Waals surface area contributed by atoms with Crippen molar-refractivity contribution in [3.8, 4) is 0 Å². The average molecular weight is 1540 g/mol. The van der Waals surface area contributed by atoms with E-state index in [1.54, 1.807) is 98.8 Å². The molecule has 0 bridgehead atoms. The molecule has 3 aliphatic rings. The van der Waals surface area contributed by atoms with Gasteiger partial charge < -0.3 is 104 Å². The Morgan fingerprint density at radius 3 is 0.965 bits per heavy atom. The Bertz CT molecular complexity index is 4450. The van der Waals surface area contributed by atoms with Crippen molar-refractivity contribution in [3.63, 3.8) is 0 Å². The molecule has 37 heteroatoms. The zero-order chi connectivity index (χ0) is 82.3. The summed E-state index contributed by atoms with van der Waals surface area (Å²) in [5.41, 5.74) is 12.8. The van der Waals surface area contributed by atoms with Crippen LogP contribution < -0.4 is 70.3 Å². The summed E-state index contributed by atoms with van der Waals surface area (Å²) in [5, 5.41) is 105. The number of carbonyl (C=O) groups excluding carboxylic acids is 8. The van der Waals surface area contributed by atoms with Crippen molar-refractivity contribution >= 4 is 176 Å². The second kappa shape index (κ2) is 42.2. The van der Waals surface area contributed by atoms with Crippen LogP contribution in [0.4, 0.5) is 28.4 Å². The number of ketones is 3. The second-order valence-corrected chi connectivity index (χ2v) is 26.9. The summed E-state index contributed by atoms with van der Waals surface area (Å²) in [5.74, 6) is -1.40. The minimum atomic E-state index is -1.75. The van der Waals surface area contributed by atoms with E-state index < -0.39 is 70.2 Å². The molecule has 0 aromatic heterocycles. The average Bonchev–Trinajstić information content (AvgIpc) is 1.68. The van der Waals surface area contributed by atoms with Gasteiger partial charge in [0, 0.05) is 82.3 Å². The van der Waals surface area contributed by atoms with Crippen molar-refractivity contribution in [1.82, 2.24) is 0 Å². The summed E-state index contributed by atoms with van der Waals surface area (Å²) in [4.78, 5) is 92.1. The predicted molar refractivity (Wildman–Crippen MR) is 432 cm³/mol. The van der Waals surface area contributed by atoms with E-state index in [1.165, 1.54) is 65.8 Å².